The van der Waals surface area contributed by atoms with Crippen molar-refractivity contribution in [2.75, 3.05) is 6.61 Å². The van der Waals surface area contributed by atoms with Gasteiger partial charge in [0.05, 0.1) is 12.5 Å². The Hall–Kier alpha value is -1.51. The number of aromatic hydroxyl groups is 1. The van der Waals surface area contributed by atoms with Crippen LogP contribution >= 0.6 is 0 Å². The number of carbonyl (C=O) groups is 1. The fourth-order valence-electron chi connectivity index (χ4n) is 2.00. The summed E-state index contributed by atoms with van der Waals surface area (Å²) in [7, 11) is 0. The highest BCUT2D eigenvalue weighted by Crippen LogP contribution is 2.30. The summed E-state index contributed by atoms with van der Waals surface area (Å²) in [6.45, 7) is 8.34. The molecule has 1 N–H and O–H groups in total. The Morgan fingerprint density at radius 3 is 2.58 bits per heavy atom. The van der Waals surface area contributed by atoms with Gasteiger partial charge in [-0.1, -0.05) is 45.9 Å². The van der Waals surface area contributed by atoms with Crippen molar-refractivity contribution in [2.24, 2.45) is 5.92 Å². The molecule has 0 aliphatic carbocycles. The van der Waals surface area contributed by atoms with E-state index in [1.54, 1.807) is 0 Å². The molecule has 1 atom stereocenters. The van der Waals surface area contributed by atoms with Gasteiger partial charge < -0.3 is 9.84 Å². The highest BCUT2D eigenvalue weighted by molar-refractivity contribution is 5.72. The molecule has 0 aliphatic rings. The molecule has 0 amide bonds. The summed E-state index contributed by atoms with van der Waals surface area (Å²) in [5.41, 5.74) is 1.73. The predicted octanol–water partition coefficient (Wildman–Crippen LogP) is 3.65. The summed E-state index contributed by atoms with van der Waals surface area (Å²) < 4.78 is 5.12. The smallest absolute Gasteiger partial charge is 0.308 e. The Morgan fingerprint density at radius 2 is 2.00 bits per heavy atom. The van der Waals surface area contributed by atoms with Crippen LogP contribution in [0.4, 0.5) is 0 Å². The molecule has 0 aliphatic heterocycles. The van der Waals surface area contributed by atoms with Gasteiger partial charge in [-0.05, 0) is 29.9 Å². The molecule has 19 heavy (non-hydrogen) atoms. The van der Waals surface area contributed by atoms with Crippen LogP contribution < -0.4 is 0 Å². The second-order valence-corrected chi connectivity index (χ2v) is 5.28. The number of hydrogen-bond acceptors (Lipinski definition) is 3. The lowest BCUT2D eigenvalue weighted by Gasteiger charge is -2.15. The molecule has 0 heterocycles. The van der Waals surface area contributed by atoms with Crippen LogP contribution in [0.15, 0.2) is 18.2 Å². The molecule has 0 spiro atoms. The van der Waals surface area contributed by atoms with Gasteiger partial charge in [0.15, 0.2) is 0 Å². The van der Waals surface area contributed by atoms with Gasteiger partial charge in [0.25, 0.3) is 0 Å². The third-order valence-corrected chi connectivity index (χ3v) is 3.15. The summed E-state index contributed by atoms with van der Waals surface area (Å²) in [6, 6.07) is 5.71. The van der Waals surface area contributed by atoms with E-state index in [1.807, 2.05) is 45.9 Å². The van der Waals surface area contributed by atoms with Crippen LogP contribution in [0.25, 0.3) is 0 Å². The average Bonchev–Trinajstić information content (AvgIpc) is 2.37. The Balaban J connectivity index is 2.77. The molecule has 0 fully saturated rings. The summed E-state index contributed by atoms with van der Waals surface area (Å²) in [4.78, 5) is 11.7. The summed E-state index contributed by atoms with van der Waals surface area (Å²) >= 11 is 0. The van der Waals surface area contributed by atoms with Crippen molar-refractivity contribution in [1.29, 1.82) is 0 Å². The number of hydrogen-bond donors (Lipinski definition) is 1. The van der Waals surface area contributed by atoms with Crippen LogP contribution in [0.5, 0.6) is 5.75 Å². The van der Waals surface area contributed by atoms with Gasteiger partial charge in [0.1, 0.15) is 5.75 Å². The molecule has 1 unspecified atom stereocenters. The van der Waals surface area contributed by atoms with E-state index in [9.17, 15) is 9.90 Å². The molecular formula is C16H24O3. The minimum absolute atomic E-state index is 0.198. The zero-order chi connectivity index (χ0) is 14.4. The Kier molecular flexibility index (Phi) is 5.87. The Morgan fingerprint density at radius 1 is 1.32 bits per heavy atom. The van der Waals surface area contributed by atoms with Gasteiger partial charge in [-0.2, -0.15) is 0 Å². The lowest BCUT2D eigenvalue weighted by Crippen LogP contribution is -2.17. The Labute approximate surface area is 115 Å². The first-order chi connectivity index (χ1) is 8.97. The molecule has 0 saturated heterocycles. The normalized spacial score (nSPS) is 12.5. The van der Waals surface area contributed by atoms with E-state index in [2.05, 4.69) is 0 Å². The number of phenolic OH excluding ortho intramolecular Hbond substituents is 1. The van der Waals surface area contributed by atoms with Gasteiger partial charge >= 0.3 is 5.97 Å². The molecule has 0 saturated carbocycles. The van der Waals surface area contributed by atoms with E-state index < -0.39 is 0 Å². The maximum Gasteiger partial charge on any atom is 0.308 e. The first-order valence-electron chi connectivity index (χ1n) is 6.94. The van der Waals surface area contributed by atoms with Gasteiger partial charge in [-0.25, -0.2) is 0 Å². The highest BCUT2D eigenvalue weighted by atomic mass is 16.5. The van der Waals surface area contributed by atoms with Crippen molar-refractivity contribution in [3.05, 3.63) is 29.3 Å². The van der Waals surface area contributed by atoms with Gasteiger partial charge in [0, 0.05) is 0 Å². The molecule has 1 rings (SSSR count). The van der Waals surface area contributed by atoms with E-state index in [4.69, 9.17) is 4.74 Å². The zero-order valence-electron chi connectivity index (χ0n) is 12.3. The van der Waals surface area contributed by atoms with Gasteiger partial charge in [-0.15, -0.1) is 0 Å². The van der Waals surface area contributed by atoms with Crippen molar-refractivity contribution in [3.8, 4) is 5.75 Å². The van der Waals surface area contributed by atoms with E-state index in [-0.39, 0.29) is 17.8 Å². The minimum Gasteiger partial charge on any atom is -0.507 e. The SMILES string of the molecule is CCCOC(=O)C(C)Cc1cccc(C(C)C)c1O. The third-order valence-electron chi connectivity index (χ3n) is 3.15. The number of phenols is 1. The quantitative estimate of drug-likeness (QED) is 0.798. The first kappa shape index (κ1) is 15.5. The summed E-state index contributed by atoms with van der Waals surface area (Å²) in [5, 5.41) is 10.2. The number of carbonyl (C=O) groups excluding carboxylic acids is 1. The van der Waals surface area contributed by atoms with E-state index in [0.717, 1.165) is 17.5 Å². The van der Waals surface area contributed by atoms with Crippen molar-refractivity contribution < 1.29 is 14.6 Å². The second-order valence-electron chi connectivity index (χ2n) is 5.28. The topological polar surface area (TPSA) is 46.5 Å². The molecule has 0 radical (unpaired) electrons. The van der Waals surface area contributed by atoms with Crippen LogP contribution in [-0.2, 0) is 16.0 Å². The van der Waals surface area contributed by atoms with Crippen LogP contribution in [0.3, 0.4) is 0 Å². The molecule has 3 heteroatoms. The minimum atomic E-state index is -0.236. The van der Waals surface area contributed by atoms with Gasteiger partial charge in [0.2, 0.25) is 0 Å². The maximum absolute atomic E-state index is 11.7. The molecule has 1 aromatic carbocycles. The first-order valence-corrected chi connectivity index (χ1v) is 6.94. The molecule has 0 bridgehead atoms. The van der Waals surface area contributed by atoms with Crippen molar-refractivity contribution in [1.82, 2.24) is 0 Å². The molecule has 3 nitrogen and oxygen atoms in total. The number of ether oxygens (including phenoxy) is 1. The summed E-state index contributed by atoms with van der Waals surface area (Å²) in [6.07, 6.45) is 1.33. The summed E-state index contributed by atoms with van der Waals surface area (Å²) in [5.74, 6) is 0.144. The second kappa shape index (κ2) is 7.17. The van der Waals surface area contributed by atoms with E-state index in [0.29, 0.717) is 18.8 Å². The fraction of sp³-hybridized carbons (Fsp3) is 0.562. The number of benzene rings is 1. The standard InChI is InChI=1S/C16H24O3/c1-5-9-19-16(18)12(4)10-13-7-6-8-14(11(2)3)15(13)17/h6-8,11-12,17H,5,9-10H2,1-4H3. The van der Waals surface area contributed by atoms with Crippen molar-refractivity contribution in [3.63, 3.8) is 0 Å². The molecule has 106 valence electrons. The average molecular weight is 264 g/mol. The largest absolute Gasteiger partial charge is 0.507 e. The Bertz CT molecular complexity index is 424. The number of esters is 1. The maximum atomic E-state index is 11.7. The van der Waals surface area contributed by atoms with E-state index in [1.165, 1.54) is 0 Å². The lowest BCUT2D eigenvalue weighted by atomic mass is 9.94. The number of para-hydroxylation sites is 1. The van der Waals surface area contributed by atoms with E-state index >= 15 is 0 Å². The zero-order valence-corrected chi connectivity index (χ0v) is 12.3. The lowest BCUT2D eigenvalue weighted by molar-refractivity contribution is -0.147. The molecule has 0 aromatic heterocycles. The molecule has 1 aromatic rings. The van der Waals surface area contributed by atoms with Crippen molar-refractivity contribution in [2.45, 2.75) is 46.5 Å². The van der Waals surface area contributed by atoms with Crippen LogP contribution in [0.2, 0.25) is 0 Å². The molecular weight excluding hydrogens is 240 g/mol. The highest BCUT2D eigenvalue weighted by Gasteiger charge is 2.18. The van der Waals surface area contributed by atoms with Gasteiger partial charge in [-0.3, -0.25) is 4.79 Å². The monoisotopic (exact) mass is 264 g/mol. The van der Waals surface area contributed by atoms with Crippen molar-refractivity contribution >= 4 is 5.97 Å². The fourth-order valence-corrected chi connectivity index (χ4v) is 2.00. The third kappa shape index (κ3) is 4.27. The van der Waals surface area contributed by atoms with Crippen LogP contribution in [-0.4, -0.2) is 17.7 Å². The predicted molar refractivity (Wildman–Crippen MR) is 76.3 cm³/mol. The van der Waals surface area contributed by atoms with Crippen LogP contribution in [0.1, 0.15) is 51.2 Å². The van der Waals surface area contributed by atoms with Crippen LogP contribution in [0, 0.1) is 5.92 Å². The number of rotatable bonds is 6.